The number of aromatic nitrogens is 1. The molecule has 84 valence electrons. The van der Waals surface area contributed by atoms with Crippen molar-refractivity contribution >= 4 is 27.9 Å². The third-order valence-electron chi connectivity index (χ3n) is 2.28. The first kappa shape index (κ1) is 11.5. The van der Waals surface area contributed by atoms with Crippen LogP contribution >= 0.6 is 15.9 Å². The van der Waals surface area contributed by atoms with Crippen molar-refractivity contribution in [3.63, 3.8) is 0 Å². The quantitative estimate of drug-likeness (QED) is 0.371. The number of carbonyl (C=O) groups excluding carboxylic acids is 1. The van der Waals surface area contributed by atoms with E-state index in [1.807, 2.05) is 41.2 Å². The van der Waals surface area contributed by atoms with E-state index in [2.05, 4.69) is 20.7 Å². The molecule has 5 heteroatoms. The van der Waals surface area contributed by atoms with Crippen LogP contribution in [0, 0.1) is 0 Å². The monoisotopic (exact) mass is 289 g/mol. The minimum atomic E-state index is -0.350. The summed E-state index contributed by atoms with van der Waals surface area (Å²) in [5.41, 5.74) is 9.62. The molecule has 0 unspecified atom stereocenters. The Morgan fingerprint density at radius 3 is 2.71 bits per heavy atom. The average molecular weight is 290 g/mol. The summed E-state index contributed by atoms with van der Waals surface area (Å²) in [4.78, 5) is 14.5. The summed E-state index contributed by atoms with van der Waals surface area (Å²) in [6.45, 7) is 0. The lowest BCUT2D eigenvalue weighted by Crippen LogP contribution is -2.06. The molecule has 0 N–H and O–H groups in total. The molecular weight excluding hydrogens is 282 g/mol. The Morgan fingerprint density at radius 1 is 1.35 bits per heavy atom. The van der Waals surface area contributed by atoms with Gasteiger partial charge < -0.3 is 10.1 Å². The van der Waals surface area contributed by atoms with Gasteiger partial charge in [0.2, 0.25) is 0 Å². The van der Waals surface area contributed by atoms with Gasteiger partial charge >= 0.3 is 6.21 Å². The molecule has 0 bridgehead atoms. The average Bonchev–Trinajstić information content (AvgIpc) is 2.82. The summed E-state index contributed by atoms with van der Waals surface area (Å²) in [5, 5.41) is 0. The molecule has 1 aromatic heterocycles. The van der Waals surface area contributed by atoms with E-state index in [4.69, 9.17) is 5.53 Å². The number of hydrogen-bond donors (Lipinski definition) is 0. The van der Waals surface area contributed by atoms with Crippen molar-refractivity contribution in [1.82, 2.24) is 4.57 Å². The van der Waals surface area contributed by atoms with Crippen LogP contribution in [0.25, 0.3) is 11.2 Å². The van der Waals surface area contributed by atoms with E-state index in [0.29, 0.717) is 5.56 Å². The van der Waals surface area contributed by atoms with Crippen molar-refractivity contribution in [3.05, 3.63) is 58.3 Å². The van der Waals surface area contributed by atoms with Gasteiger partial charge in [0, 0.05) is 16.9 Å². The Morgan fingerprint density at radius 2 is 2.06 bits per heavy atom. The molecule has 0 aliphatic rings. The van der Waals surface area contributed by atoms with Crippen LogP contribution in [0.1, 0.15) is 10.4 Å². The summed E-state index contributed by atoms with van der Waals surface area (Å²) in [7, 11) is 0. The van der Waals surface area contributed by atoms with Gasteiger partial charge in [-0.2, -0.15) is 4.79 Å². The Labute approximate surface area is 106 Å². The SMILES string of the molecule is [N-]=[N+]=CC(=O)c1cc(Br)ccc1-n1cccc1. The smallest absolute Gasteiger partial charge is 0.328 e. The molecule has 0 aliphatic carbocycles. The van der Waals surface area contributed by atoms with E-state index >= 15 is 0 Å². The lowest BCUT2D eigenvalue weighted by atomic mass is 10.1. The van der Waals surface area contributed by atoms with Crippen LogP contribution in [-0.2, 0) is 0 Å². The highest BCUT2D eigenvalue weighted by molar-refractivity contribution is 9.10. The second-order valence-electron chi connectivity index (χ2n) is 3.36. The predicted octanol–water partition coefficient (Wildman–Crippen LogP) is 2.72. The van der Waals surface area contributed by atoms with E-state index in [0.717, 1.165) is 16.4 Å². The summed E-state index contributed by atoms with van der Waals surface area (Å²) in [5.74, 6) is -0.350. The molecule has 2 aromatic rings. The molecule has 0 amide bonds. The first-order chi connectivity index (χ1) is 8.22. The summed E-state index contributed by atoms with van der Waals surface area (Å²) in [6, 6.07) is 9.11. The molecule has 1 aromatic carbocycles. The zero-order valence-corrected chi connectivity index (χ0v) is 10.3. The van der Waals surface area contributed by atoms with Crippen LogP contribution in [0.5, 0.6) is 0 Å². The highest BCUT2D eigenvalue weighted by Crippen LogP contribution is 2.20. The van der Waals surface area contributed by atoms with Crippen molar-refractivity contribution in [2.24, 2.45) is 0 Å². The summed E-state index contributed by atoms with van der Waals surface area (Å²) in [6.07, 6.45) is 4.57. The van der Waals surface area contributed by atoms with E-state index < -0.39 is 0 Å². The van der Waals surface area contributed by atoms with Crippen molar-refractivity contribution < 1.29 is 9.58 Å². The largest absolute Gasteiger partial charge is 0.361 e. The van der Waals surface area contributed by atoms with Crippen LogP contribution in [0.15, 0.2) is 47.2 Å². The molecular formula is C12H8BrN3O. The number of hydrogen-bond acceptors (Lipinski definition) is 1. The fourth-order valence-corrected chi connectivity index (χ4v) is 1.91. The van der Waals surface area contributed by atoms with Gasteiger partial charge in [0.25, 0.3) is 5.78 Å². The molecule has 2 rings (SSSR count). The fourth-order valence-electron chi connectivity index (χ4n) is 1.55. The summed E-state index contributed by atoms with van der Waals surface area (Å²) >= 11 is 3.31. The first-order valence-electron chi connectivity index (χ1n) is 4.87. The number of ketones is 1. The third-order valence-corrected chi connectivity index (χ3v) is 2.77. The van der Waals surface area contributed by atoms with Crippen molar-refractivity contribution in [1.29, 1.82) is 0 Å². The van der Waals surface area contributed by atoms with Gasteiger partial charge in [-0.15, -0.1) is 0 Å². The number of halogens is 1. The molecule has 0 fully saturated rings. The molecule has 0 aliphatic heterocycles. The molecule has 0 saturated carbocycles. The van der Waals surface area contributed by atoms with Gasteiger partial charge in [0.1, 0.15) is 0 Å². The number of rotatable bonds is 3. The maximum Gasteiger partial charge on any atom is 0.328 e. The van der Waals surface area contributed by atoms with Gasteiger partial charge in [-0.3, -0.25) is 4.79 Å². The second kappa shape index (κ2) is 4.91. The minimum absolute atomic E-state index is 0.350. The highest BCUT2D eigenvalue weighted by Gasteiger charge is 2.14. The molecule has 4 nitrogen and oxygen atoms in total. The van der Waals surface area contributed by atoms with Crippen molar-refractivity contribution in [2.75, 3.05) is 0 Å². The lowest BCUT2D eigenvalue weighted by Gasteiger charge is -2.07. The van der Waals surface area contributed by atoms with Gasteiger partial charge in [-0.1, -0.05) is 15.9 Å². The van der Waals surface area contributed by atoms with E-state index in [1.165, 1.54) is 0 Å². The fraction of sp³-hybridized carbons (Fsp3) is 0. The molecule has 0 saturated heterocycles. The molecule has 1 heterocycles. The van der Waals surface area contributed by atoms with E-state index in [-0.39, 0.29) is 5.78 Å². The van der Waals surface area contributed by atoms with Gasteiger partial charge in [0.15, 0.2) is 0 Å². The first-order valence-corrected chi connectivity index (χ1v) is 5.66. The van der Waals surface area contributed by atoms with Crippen LogP contribution in [0.2, 0.25) is 0 Å². The Bertz CT molecular complexity index is 598. The molecule has 0 radical (unpaired) electrons. The van der Waals surface area contributed by atoms with Gasteiger partial charge in [-0.05, 0) is 30.3 Å². The summed E-state index contributed by atoms with van der Waals surface area (Å²) < 4.78 is 2.62. The zero-order chi connectivity index (χ0) is 12.3. The topological polar surface area (TPSA) is 58.4 Å². The Hall–Kier alpha value is -1.97. The Kier molecular flexibility index (Phi) is 3.32. The number of carbonyl (C=O) groups is 1. The van der Waals surface area contributed by atoms with Gasteiger partial charge in [-0.25, -0.2) is 0 Å². The number of benzene rings is 1. The van der Waals surface area contributed by atoms with Crippen molar-refractivity contribution in [2.45, 2.75) is 0 Å². The van der Waals surface area contributed by atoms with E-state index in [1.54, 1.807) is 6.07 Å². The van der Waals surface area contributed by atoms with E-state index in [9.17, 15) is 4.79 Å². The predicted molar refractivity (Wildman–Crippen MR) is 67.5 cm³/mol. The number of nitrogens with zero attached hydrogens (tertiary/aromatic N) is 3. The Balaban J connectivity index is 2.60. The van der Waals surface area contributed by atoms with Crippen LogP contribution < -0.4 is 0 Å². The maximum atomic E-state index is 11.8. The second-order valence-corrected chi connectivity index (χ2v) is 4.28. The molecule has 0 spiro atoms. The molecule has 0 atom stereocenters. The lowest BCUT2D eigenvalue weighted by molar-refractivity contribution is 0.00234. The standard InChI is InChI=1S/C12H8BrN3O/c13-9-3-4-11(16-5-1-2-6-16)10(7-9)12(17)8-15-14/h1-8H. The highest BCUT2D eigenvalue weighted by atomic mass is 79.9. The van der Waals surface area contributed by atoms with Crippen LogP contribution in [0.4, 0.5) is 0 Å². The van der Waals surface area contributed by atoms with Gasteiger partial charge in [0.05, 0.1) is 11.3 Å². The van der Waals surface area contributed by atoms with Crippen LogP contribution in [0.3, 0.4) is 0 Å². The third kappa shape index (κ3) is 2.41. The minimum Gasteiger partial charge on any atom is -0.361 e. The van der Waals surface area contributed by atoms with Crippen molar-refractivity contribution in [3.8, 4) is 5.69 Å². The number of Topliss-reactive ketones (excluding diaryl/α,β-unsaturated/α-hetero) is 1. The molecule has 17 heavy (non-hydrogen) atoms. The zero-order valence-electron chi connectivity index (χ0n) is 8.75. The normalized spacial score (nSPS) is 9.71. The van der Waals surface area contributed by atoms with Crippen LogP contribution in [-0.4, -0.2) is 21.4 Å². The maximum absolute atomic E-state index is 11.8.